The summed E-state index contributed by atoms with van der Waals surface area (Å²) in [5.41, 5.74) is 3.80. The Hall–Kier alpha value is -2.29. The molecule has 0 radical (unpaired) electrons. The van der Waals surface area contributed by atoms with Crippen LogP contribution in [-0.2, 0) is 0 Å². The summed E-state index contributed by atoms with van der Waals surface area (Å²) in [4.78, 5) is 14.5. The molecular formula is C17H17NO2. The third kappa shape index (κ3) is 2.27. The Morgan fingerprint density at radius 1 is 1.10 bits per heavy atom. The van der Waals surface area contributed by atoms with Crippen molar-refractivity contribution in [2.75, 3.05) is 18.1 Å². The average Bonchev–Trinajstić information content (AvgIpc) is 2.46. The van der Waals surface area contributed by atoms with Crippen LogP contribution in [0.25, 0.3) is 0 Å². The highest BCUT2D eigenvalue weighted by Crippen LogP contribution is 2.33. The lowest BCUT2D eigenvalue weighted by molar-refractivity contribution is 0.0976. The van der Waals surface area contributed by atoms with Gasteiger partial charge in [-0.25, -0.2) is 0 Å². The number of carbonyl (C=O) groups is 1. The molecule has 3 rings (SSSR count). The monoisotopic (exact) mass is 267 g/mol. The molecule has 0 saturated carbocycles. The number of anilines is 1. The molecule has 102 valence electrons. The summed E-state index contributed by atoms with van der Waals surface area (Å²) < 4.78 is 5.62. The van der Waals surface area contributed by atoms with Gasteiger partial charge in [0, 0.05) is 5.56 Å². The Kier molecular flexibility index (Phi) is 3.18. The Bertz CT molecular complexity index is 664. The third-order valence-electron chi connectivity index (χ3n) is 3.49. The maximum absolute atomic E-state index is 12.7. The Balaban J connectivity index is 2.00. The molecule has 0 fully saturated rings. The smallest absolute Gasteiger partial charge is 0.258 e. The van der Waals surface area contributed by atoms with Crippen LogP contribution in [-0.4, -0.2) is 19.1 Å². The van der Waals surface area contributed by atoms with Gasteiger partial charge in [-0.3, -0.25) is 4.79 Å². The molecular weight excluding hydrogens is 250 g/mol. The van der Waals surface area contributed by atoms with Crippen LogP contribution in [0.3, 0.4) is 0 Å². The second kappa shape index (κ2) is 5.00. The van der Waals surface area contributed by atoms with Crippen LogP contribution in [0, 0.1) is 13.8 Å². The average molecular weight is 267 g/mol. The summed E-state index contributed by atoms with van der Waals surface area (Å²) in [5, 5.41) is 0. The fourth-order valence-electron chi connectivity index (χ4n) is 2.47. The van der Waals surface area contributed by atoms with E-state index in [-0.39, 0.29) is 5.91 Å². The molecule has 1 aliphatic rings. The van der Waals surface area contributed by atoms with Crippen molar-refractivity contribution in [2.45, 2.75) is 13.8 Å². The van der Waals surface area contributed by atoms with Crippen molar-refractivity contribution in [1.29, 1.82) is 0 Å². The van der Waals surface area contributed by atoms with E-state index < -0.39 is 0 Å². The van der Waals surface area contributed by atoms with Gasteiger partial charge in [0.15, 0.2) is 0 Å². The van der Waals surface area contributed by atoms with Gasteiger partial charge in [0.1, 0.15) is 12.4 Å². The number of ether oxygens (including phenoxy) is 1. The zero-order valence-electron chi connectivity index (χ0n) is 11.7. The zero-order chi connectivity index (χ0) is 14.1. The molecule has 3 nitrogen and oxygen atoms in total. The van der Waals surface area contributed by atoms with Crippen molar-refractivity contribution in [3.05, 3.63) is 59.2 Å². The minimum atomic E-state index is 0.0313. The quantitative estimate of drug-likeness (QED) is 0.793. The second-order valence-corrected chi connectivity index (χ2v) is 5.15. The first-order valence-electron chi connectivity index (χ1n) is 6.77. The van der Waals surface area contributed by atoms with Crippen molar-refractivity contribution >= 4 is 11.6 Å². The summed E-state index contributed by atoms with van der Waals surface area (Å²) in [6, 6.07) is 13.6. The van der Waals surface area contributed by atoms with E-state index in [1.807, 2.05) is 56.3 Å². The van der Waals surface area contributed by atoms with E-state index in [0.717, 1.165) is 28.1 Å². The Morgan fingerprint density at radius 3 is 2.70 bits per heavy atom. The van der Waals surface area contributed by atoms with Gasteiger partial charge in [-0.05, 0) is 43.7 Å². The number of amides is 1. The number of rotatable bonds is 1. The first-order chi connectivity index (χ1) is 9.65. The first kappa shape index (κ1) is 12.7. The molecule has 20 heavy (non-hydrogen) atoms. The van der Waals surface area contributed by atoms with E-state index in [9.17, 15) is 4.79 Å². The maximum atomic E-state index is 12.7. The fourth-order valence-corrected chi connectivity index (χ4v) is 2.47. The number of carbonyl (C=O) groups excluding carboxylic acids is 1. The largest absolute Gasteiger partial charge is 0.490 e. The molecule has 2 aromatic carbocycles. The van der Waals surface area contributed by atoms with Gasteiger partial charge in [-0.1, -0.05) is 23.8 Å². The number of benzene rings is 2. The Morgan fingerprint density at radius 2 is 1.90 bits per heavy atom. The summed E-state index contributed by atoms with van der Waals surface area (Å²) >= 11 is 0. The van der Waals surface area contributed by atoms with Crippen LogP contribution in [0.5, 0.6) is 5.75 Å². The SMILES string of the molecule is Cc1cccc(C(=O)N2CCOc3ccc(C)cc32)c1. The van der Waals surface area contributed by atoms with Gasteiger partial charge in [-0.15, -0.1) is 0 Å². The van der Waals surface area contributed by atoms with Gasteiger partial charge in [0.2, 0.25) is 0 Å². The van der Waals surface area contributed by atoms with Crippen molar-refractivity contribution in [1.82, 2.24) is 0 Å². The summed E-state index contributed by atoms with van der Waals surface area (Å²) in [7, 11) is 0. The number of nitrogens with zero attached hydrogens (tertiary/aromatic N) is 1. The van der Waals surface area contributed by atoms with E-state index in [0.29, 0.717) is 13.2 Å². The molecule has 0 bridgehead atoms. The molecule has 1 heterocycles. The number of fused-ring (bicyclic) bond motifs is 1. The van der Waals surface area contributed by atoms with Crippen LogP contribution in [0.4, 0.5) is 5.69 Å². The van der Waals surface area contributed by atoms with E-state index in [1.165, 1.54) is 0 Å². The normalized spacial score (nSPS) is 13.6. The van der Waals surface area contributed by atoms with Gasteiger partial charge in [0.05, 0.1) is 12.2 Å². The summed E-state index contributed by atoms with van der Waals surface area (Å²) in [6.07, 6.45) is 0. The van der Waals surface area contributed by atoms with Gasteiger partial charge >= 0.3 is 0 Å². The van der Waals surface area contributed by atoms with E-state index in [1.54, 1.807) is 4.90 Å². The molecule has 0 atom stereocenters. The second-order valence-electron chi connectivity index (χ2n) is 5.15. The van der Waals surface area contributed by atoms with Gasteiger partial charge in [0.25, 0.3) is 5.91 Å². The van der Waals surface area contributed by atoms with Crippen molar-refractivity contribution in [2.24, 2.45) is 0 Å². The number of aryl methyl sites for hydroxylation is 2. The predicted octanol–water partition coefficient (Wildman–Crippen LogP) is 3.34. The van der Waals surface area contributed by atoms with Gasteiger partial charge < -0.3 is 9.64 Å². The van der Waals surface area contributed by atoms with Crippen LogP contribution >= 0.6 is 0 Å². The molecule has 0 aromatic heterocycles. The lowest BCUT2D eigenvalue weighted by Gasteiger charge is -2.30. The van der Waals surface area contributed by atoms with E-state index >= 15 is 0 Å². The lowest BCUT2D eigenvalue weighted by Crippen LogP contribution is -2.38. The summed E-state index contributed by atoms with van der Waals surface area (Å²) in [5.74, 6) is 0.812. The lowest BCUT2D eigenvalue weighted by atomic mass is 10.1. The molecule has 0 aliphatic carbocycles. The minimum Gasteiger partial charge on any atom is -0.490 e. The third-order valence-corrected chi connectivity index (χ3v) is 3.49. The number of hydrogen-bond donors (Lipinski definition) is 0. The topological polar surface area (TPSA) is 29.5 Å². The van der Waals surface area contributed by atoms with Crippen LogP contribution < -0.4 is 9.64 Å². The highest BCUT2D eigenvalue weighted by atomic mass is 16.5. The molecule has 0 unspecified atom stereocenters. The van der Waals surface area contributed by atoms with Crippen molar-refractivity contribution < 1.29 is 9.53 Å². The van der Waals surface area contributed by atoms with Crippen molar-refractivity contribution in [3.8, 4) is 5.75 Å². The highest BCUT2D eigenvalue weighted by molar-refractivity contribution is 6.07. The molecule has 3 heteroatoms. The number of hydrogen-bond acceptors (Lipinski definition) is 2. The summed E-state index contributed by atoms with van der Waals surface area (Å²) in [6.45, 7) is 5.13. The fraction of sp³-hybridized carbons (Fsp3) is 0.235. The van der Waals surface area contributed by atoms with Crippen LogP contribution in [0.1, 0.15) is 21.5 Å². The van der Waals surface area contributed by atoms with Crippen molar-refractivity contribution in [3.63, 3.8) is 0 Å². The molecule has 0 N–H and O–H groups in total. The highest BCUT2D eigenvalue weighted by Gasteiger charge is 2.24. The van der Waals surface area contributed by atoms with Crippen LogP contribution in [0.15, 0.2) is 42.5 Å². The maximum Gasteiger partial charge on any atom is 0.258 e. The van der Waals surface area contributed by atoms with Gasteiger partial charge in [-0.2, -0.15) is 0 Å². The van der Waals surface area contributed by atoms with E-state index in [2.05, 4.69) is 0 Å². The molecule has 0 spiro atoms. The standard InChI is InChI=1S/C17H17NO2/c1-12-4-3-5-14(10-12)17(19)18-8-9-20-16-7-6-13(2)11-15(16)18/h3-7,10-11H,8-9H2,1-2H3. The first-order valence-corrected chi connectivity index (χ1v) is 6.77. The van der Waals surface area contributed by atoms with Crippen LogP contribution in [0.2, 0.25) is 0 Å². The predicted molar refractivity (Wildman–Crippen MR) is 79.5 cm³/mol. The molecule has 2 aromatic rings. The van der Waals surface area contributed by atoms with E-state index in [4.69, 9.17) is 4.74 Å². The minimum absolute atomic E-state index is 0.0313. The molecule has 0 saturated heterocycles. The molecule has 1 aliphatic heterocycles. The zero-order valence-corrected chi connectivity index (χ0v) is 11.7. The molecule has 1 amide bonds. The Labute approximate surface area is 118 Å².